The van der Waals surface area contributed by atoms with Crippen molar-refractivity contribution >= 4 is 56.6 Å². The second-order valence-electron chi connectivity index (χ2n) is 7.00. The summed E-state index contributed by atoms with van der Waals surface area (Å²) in [5.41, 5.74) is 2.08. The number of fused-ring (bicyclic) bond motifs is 1. The van der Waals surface area contributed by atoms with Crippen LogP contribution in [0.25, 0.3) is 0 Å². The van der Waals surface area contributed by atoms with Crippen molar-refractivity contribution in [2.45, 2.75) is 6.17 Å². The first-order valence-electron chi connectivity index (χ1n) is 9.57. The molecule has 0 fully saturated rings. The van der Waals surface area contributed by atoms with Crippen molar-refractivity contribution in [1.29, 1.82) is 0 Å². The Morgan fingerprint density at radius 2 is 1.78 bits per heavy atom. The molecule has 0 saturated heterocycles. The van der Waals surface area contributed by atoms with Gasteiger partial charge in [-0.3, -0.25) is 4.79 Å². The van der Waals surface area contributed by atoms with Crippen molar-refractivity contribution in [3.8, 4) is 0 Å². The smallest absolute Gasteiger partial charge is 0.311 e. The molecule has 2 N–H and O–H groups in total. The van der Waals surface area contributed by atoms with E-state index in [9.17, 15) is 14.0 Å². The molecule has 3 amide bonds. The van der Waals surface area contributed by atoms with Gasteiger partial charge in [0, 0.05) is 28.3 Å². The van der Waals surface area contributed by atoms with Crippen LogP contribution in [-0.4, -0.2) is 30.9 Å². The molecule has 0 radical (unpaired) electrons. The van der Waals surface area contributed by atoms with E-state index in [-0.39, 0.29) is 11.3 Å². The summed E-state index contributed by atoms with van der Waals surface area (Å²) in [6.07, 6.45) is -1.27. The van der Waals surface area contributed by atoms with Gasteiger partial charge < -0.3 is 15.5 Å². The van der Waals surface area contributed by atoms with E-state index in [2.05, 4.69) is 31.6 Å². The lowest BCUT2D eigenvalue weighted by molar-refractivity contribution is -0.119. The molecule has 6 nitrogen and oxygen atoms in total. The highest BCUT2D eigenvalue weighted by Gasteiger charge is 2.31. The lowest BCUT2D eigenvalue weighted by atomic mass is 10.00. The van der Waals surface area contributed by atoms with Crippen molar-refractivity contribution < 1.29 is 14.0 Å². The number of anilines is 2. The lowest BCUT2D eigenvalue weighted by Gasteiger charge is -2.21. The predicted octanol–water partition coefficient (Wildman–Crippen LogP) is 5.20. The van der Waals surface area contributed by atoms with Gasteiger partial charge in [0.1, 0.15) is 5.82 Å². The highest BCUT2D eigenvalue weighted by atomic mass is 79.9. The van der Waals surface area contributed by atoms with Gasteiger partial charge in [0.25, 0.3) is 5.91 Å². The van der Waals surface area contributed by atoms with Gasteiger partial charge in [0.15, 0.2) is 0 Å². The maximum atomic E-state index is 14.6. The number of amides is 3. The summed E-state index contributed by atoms with van der Waals surface area (Å²) in [4.78, 5) is 31.6. The number of hydrogen-bond donors (Lipinski definition) is 2. The Morgan fingerprint density at radius 3 is 2.50 bits per heavy atom. The minimum Gasteiger partial charge on any atom is -0.311 e. The van der Waals surface area contributed by atoms with Gasteiger partial charge in [-0.15, -0.1) is 0 Å². The summed E-state index contributed by atoms with van der Waals surface area (Å²) >= 11 is 9.36. The molecule has 0 aliphatic carbocycles. The zero-order valence-electron chi connectivity index (χ0n) is 16.8. The lowest BCUT2D eigenvalue weighted by Crippen LogP contribution is -2.47. The van der Waals surface area contributed by atoms with Crippen LogP contribution in [0.5, 0.6) is 0 Å². The molecule has 1 aliphatic rings. The van der Waals surface area contributed by atoms with E-state index in [1.165, 1.54) is 11.0 Å². The third-order valence-corrected chi connectivity index (χ3v) is 6.15. The topological polar surface area (TPSA) is 73.8 Å². The van der Waals surface area contributed by atoms with Gasteiger partial charge in [0.2, 0.25) is 6.17 Å². The molecule has 0 aromatic heterocycles. The summed E-state index contributed by atoms with van der Waals surface area (Å²) in [5, 5.41) is 5.62. The number of urea groups is 1. The monoisotopic (exact) mass is 514 g/mol. The van der Waals surface area contributed by atoms with Crippen LogP contribution in [0.3, 0.4) is 0 Å². The third-order valence-electron chi connectivity index (χ3n) is 4.92. The third kappa shape index (κ3) is 4.37. The van der Waals surface area contributed by atoms with Crippen molar-refractivity contribution in [3.63, 3.8) is 0 Å². The van der Waals surface area contributed by atoms with Gasteiger partial charge in [0.05, 0.1) is 16.4 Å². The number of benzene rings is 3. The molecule has 1 unspecified atom stereocenters. The number of carbonyl (C=O) groups excluding carboxylic acids is 2. The highest BCUT2D eigenvalue weighted by Crippen LogP contribution is 2.28. The molecule has 0 bridgehead atoms. The molecule has 162 valence electrons. The van der Waals surface area contributed by atoms with Gasteiger partial charge >= 0.3 is 6.03 Å². The summed E-state index contributed by atoms with van der Waals surface area (Å²) in [6, 6.07) is 17.5. The van der Waals surface area contributed by atoms with E-state index in [4.69, 9.17) is 11.6 Å². The van der Waals surface area contributed by atoms with Crippen LogP contribution in [-0.2, 0) is 4.79 Å². The molecule has 4 rings (SSSR count). The van der Waals surface area contributed by atoms with Gasteiger partial charge in [-0.1, -0.05) is 41.9 Å². The number of halogens is 3. The Balaban J connectivity index is 1.70. The zero-order chi connectivity index (χ0) is 22.8. The average Bonchev–Trinajstić information content (AvgIpc) is 2.87. The number of nitrogens with one attached hydrogen (secondary N) is 2. The van der Waals surface area contributed by atoms with E-state index in [0.717, 1.165) is 0 Å². The Labute approximate surface area is 197 Å². The normalized spacial score (nSPS) is 15.5. The number of nitrogens with zero attached hydrogens (tertiary/aromatic N) is 2. The van der Waals surface area contributed by atoms with E-state index in [1.807, 2.05) is 0 Å². The molecule has 0 spiro atoms. The number of para-hydroxylation sites is 1. The highest BCUT2D eigenvalue weighted by molar-refractivity contribution is 9.10. The molecule has 1 heterocycles. The molecular formula is C23H17BrClFN4O2. The average molecular weight is 516 g/mol. The molecule has 3 aromatic carbocycles. The van der Waals surface area contributed by atoms with Crippen LogP contribution in [0, 0.1) is 5.82 Å². The predicted molar refractivity (Wildman–Crippen MR) is 127 cm³/mol. The fourth-order valence-electron chi connectivity index (χ4n) is 3.35. The molecule has 32 heavy (non-hydrogen) atoms. The van der Waals surface area contributed by atoms with Crippen LogP contribution in [0.2, 0.25) is 5.02 Å². The minimum atomic E-state index is -1.27. The van der Waals surface area contributed by atoms with Crippen molar-refractivity contribution in [2.24, 2.45) is 4.99 Å². The summed E-state index contributed by atoms with van der Waals surface area (Å²) in [7, 11) is 1.59. The van der Waals surface area contributed by atoms with Crippen molar-refractivity contribution in [2.75, 3.05) is 17.3 Å². The number of rotatable bonds is 3. The Hall–Kier alpha value is -3.23. The Bertz CT molecular complexity index is 1250. The standard InChI is InChI=1S/C23H17BrClFN4O2/c1-30-19-9-5-3-7-15(19)20(14-6-2-4-8-18(14)26)28-21(22(30)31)29-23(32)27-13-10-11-16(24)17(25)12-13/h2-12,21H,1H3,(H2,27,29,32). The fraction of sp³-hybridized carbons (Fsp3) is 0.0870. The number of aliphatic imine (C=N–C) groups is 1. The van der Waals surface area contributed by atoms with Crippen LogP contribution < -0.4 is 15.5 Å². The van der Waals surface area contributed by atoms with Gasteiger partial charge in [-0.25, -0.2) is 14.2 Å². The van der Waals surface area contributed by atoms with Crippen LogP contribution in [0.15, 0.2) is 76.2 Å². The maximum Gasteiger partial charge on any atom is 0.321 e. The van der Waals surface area contributed by atoms with E-state index in [1.54, 1.807) is 67.7 Å². The number of likely N-dealkylation sites (N-methyl/N-ethyl adjacent to an activating group) is 1. The van der Waals surface area contributed by atoms with E-state index >= 15 is 0 Å². The first kappa shape index (κ1) is 22.0. The van der Waals surface area contributed by atoms with Crippen molar-refractivity contribution in [3.05, 3.63) is 93.2 Å². The quantitative estimate of drug-likeness (QED) is 0.503. The maximum absolute atomic E-state index is 14.6. The first-order chi connectivity index (χ1) is 15.3. The molecule has 9 heteroatoms. The van der Waals surface area contributed by atoms with Gasteiger partial charge in [-0.2, -0.15) is 0 Å². The number of hydrogen-bond acceptors (Lipinski definition) is 3. The second-order valence-corrected chi connectivity index (χ2v) is 8.26. The Kier molecular flexibility index (Phi) is 6.25. The van der Waals surface area contributed by atoms with Crippen LogP contribution in [0.4, 0.5) is 20.6 Å². The zero-order valence-corrected chi connectivity index (χ0v) is 19.1. The second kappa shape index (κ2) is 9.10. The minimum absolute atomic E-state index is 0.231. The fourth-order valence-corrected chi connectivity index (χ4v) is 3.78. The molecule has 1 aliphatic heterocycles. The summed E-state index contributed by atoms with van der Waals surface area (Å²) < 4.78 is 15.3. The van der Waals surface area contributed by atoms with E-state index in [0.29, 0.717) is 26.4 Å². The van der Waals surface area contributed by atoms with Gasteiger partial charge in [-0.05, 0) is 52.3 Å². The molecule has 3 aromatic rings. The SMILES string of the molecule is CN1C(=O)C(NC(=O)Nc2ccc(Br)c(Cl)c2)N=C(c2ccccc2F)c2ccccc21. The summed E-state index contributed by atoms with van der Waals surface area (Å²) in [5.74, 6) is -0.946. The number of carbonyl (C=O) groups is 2. The molecule has 0 saturated carbocycles. The Morgan fingerprint density at radius 1 is 1.09 bits per heavy atom. The summed E-state index contributed by atoms with van der Waals surface area (Å²) in [6.45, 7) is 0. The van der Waals surface area contributed by atoms with E-state index < -0.39 is 23.9 Å². The first-order valence-corrected chi connectivity index (χ1v) is 10.7. The largest absolute Gasteiger partial charge is 0.321 e. The molecular weight excluding hydrogens is 499 g/mol. The van der Waals surface area contributed by atoms with Crippen LogP contribution >= 0.6 is 27.5 Å². The molecule has 1 atom stereocenters. The van der Waals surface area contributed by atoms with Crippen molar-refractivity contribution in [1.82, 2.24) is 5.32 Å². The van der Waals surface area contributed by atoms with Crippen LogP contribution in [0.1, 0.15) is 11.1 Å². The number of benzodiazepines with no additional fused rings is 1.